The lowest BCUT2D eigenvalue weighted by atomic mass is 10.1. The molecule has 0 radical (unpaired) electrons. The number of hydrogen-bond donors (Lipinski definition) is 2. The van der Waals surface area contributed by atoms with Gasteiger partial charge in [-0.1, -0.05) is 36.0 Å². The Morgan fingerprint density at radius 3 is 2.51 bits per heavy atom. The molecule has 1 heterocycles. The highest BCUT2D eigenvalue weighted by molar-refractivity contribution is 7.99. The van der Waals surface area contributed by atoms with Gasteiger partial charge in [0.1, 0.15) is 0 Å². The molecular formula is C25H27N5O4S. The fourth-order valence-corrected chi connectivity index (χ4v) is 4.08. The largest absolute Gasteiger partial charge is 0.465 e. The van der Waals surface area contributed by atoms with Crippen LogP contribution in [0.1, 0.15) is 45.1 Å². The van der Waals surface area contributed by atoms with E-state index in [1.54, 1.807) is 36.4 Å². The summed E-state index contributed by atoms with van der Waals surface area (Å²) in [6, 6.07) is 13.4. The summed E-state index contributed by atoms with van der Waals surface area (Å²) in [6.45, 7) is 7.93. The van der Waals surface area contributed by atoms with E-state index < -0.39 is 12.0 Å². The fourth-order valence-electron chi connectivity index (χ4n) is 3.33. The summed E-state index contributed by atoms with van der Waals surface area (Å²) in [7, 11) is 1.31. The number of anilines is 1. The molecule has 35 heavy (non-hydrogen) atoms. The highest BCUT2D eigenvalue weighted by Crippen LogP contribution is 2.22. The molecule has 0 saturated heterocycles. The molecule has 9 nitrogen and oxygen atoms in total. The summed E-state index contributed by atoms with van der Waals surface area (Å²) in [5.74, 6) is -0.224. The molecule has 3 rings (SSSR count). The SMILES string of the molecule is C=CCn1c(SCC(=O)Nc2ccc(C(=O)OC)cc2)nnc1[C@@H](C)NC(=O)c1ccccc1C. The molecule has 2 amide bonds. The van der Waals surface area contributed by atoms with Gasteiger partial charge < -0.3 is 19.9 Å². The van der Waals surface area contributed by atoms with Crippen molar-refractivity contribution in [1.82, 2.24) is 20.1 Å². The molecule has 1 aromatic heterocycles. The second kappa shape index (κ2) is 12.0. The summed E-state index contributed by atoms with van der Waals surface area (Å²) in [5.41, 5.74) is 2.43. The zero-order valence-corrected chi connectivity index (χ0v) is 20.6. The van der Waals surface area contributed by atoms with Crippen molar-refractivity contribution in [2.75, 3.05) is 18.2 Å². The van der Waals surface area contributed by atoms with Crippen molar-refractivity contribution in [2.45, 2.75) is 31.6 Å². The van der Waals surface area contributed by atoms with E-state index in [9.17, 15) is 14.4 Å². The number of rotatable bonds is 10. The van der Waals surface area contributed by atoms with Crippen LogP contribution in [0.3, 0.4) is 0 Å². The van der Waals surface area contributed by atoms with Gasteiger partial charge in [0.15, 0.2) is 11.0 Å². The summed E-state index contributed by atoms with van der Waals surface area (Å²) in [6.07, 6.45) is 1.70. The Morgan fingerprint density at radius 1 is 1.14 bits per heavy atom. The van der Waals surface area contributed by atoms with E-state index in [2.05, 4.69) is 32.1 Å². The van der Waals surface area contributed by atoms with Crippen LogP contribution in [0.25, 0.3) is 0 Å². The maximum atomic E-state index is 12.7. The van der Waals surface area contributed by atoms with Gasteiger partial charge in [0, 0.05) is 17.8 Å². The van der Waals surface area contributed by atoms with Crippen molar-refractivity contribution < 1.29 is 19.1 Å². The first-order valence-corrected chi connectivity index (χ1v) is 11.8. The van der Waals surface area contributed by atoms with Crippen molar-refractivity contribution >= 4 is 35.2 Å². The summed E-state index contributed by atoms with van der Waals surface area (Å²) < 4.78 is 6.49. The van der Waals surface area contributed by atoms with Gasteiger partial charge in [-0.2, -0.15) is 0 Å². The minimum Gasteiger partial charge on any atom is -0.465 e. The molecule has 2 N–H and O–H groups in total. The first kappa shape index (κ1) is 25.7. The Balaban J connectivity index is 1.64. The van der Waals surface area contributed by atoms with Gasteiger partial charge in [0.25, 0.3) is 5.91 Å². The Morgan fingerprint density at radius 2 is 1.86 bits per heavy atom. The Bertz CT molecular complexity index is 1220. The average molecular weight is 494 g/mol. The fraction of sp³-hybridized carbons (Fsp3) is 0.240. The van der Waals surface area contributed by atoms with Crippen molar-refractivity contribution in [1.29, 1.82) is 0 Å². The van der Waals surface area contributed by atoms with Gasteiger partial charge in [-0.3, -0.25) is 9.59 Å². The molecular weight excluding hydrogens is 466 g/mol. The van der Waals surface area contributed by atoms with Crippen molar-refractivity contribution in [2.24, 2.45) is 0 Å². The average Bonchev–Trinajstić information content (AvgIpc) is 3.25. The van der Waals surface area contributed by atoms with Gasteiger partial charge in [-0.15, -0.1) is 16.8 Å². The second-order valence-corrected chi connectivity index (χ2v) is 8.60. The van der Waals surface area contributed by atoms with Crippen LogP contribution in [0.4, 0.5) is 5.69 Å². The third kappa shape index (κ3) is 6.57. The number of nitrogens with one attached hydrogen (secondary N) is 2. The number of aryl methyl sites for hydroxylation is 1. The summed E-state index contributed by atoms with van der Waals surface area (Å²) >= 11 is 1.22. The van der Waals surface area contributed by atoms with Crippen LogP contribution >= 0.6 is 11.8 Å². The molecule has 3 aromatic rings. The number of carbonyl (C=O) groups excluding carboxylic acids is 3. The number of benzene rings is 2. The summed E-state index contributed by atoms with van der Waals surface area (Å²) in [5, 5.41) is 14.7. The number of allylic oxidation sites excluding steroid dienone is 1. The number of nitrogens with zero attached hydrogens (tertiary/aromatic N) is 3. The van der Waals surface area contributed by atoms with E-state index >= 15 is 0 Å². The minimum atomic E-state index is -0.444. The second-order valence-electron chi connectivity index (χ2n) is 7.66. The summed E-state index contributed by atoms with van der Waals surface area (Å²) in [4.78, 5) is 36.7. The van der Waals surface area contributed by atoms with Crippen LogP contribution in [0.15, 0.2) is 66.3 Å². The van der Waals surface area contributed by atoms with E-state index in [0.29, 0.717) is 34.3 Å². The molecule has 0 fully saturated rings. The Labute approximate surface area is 208 Å². The van der Waals surface area contributed by atoms with Gasteiger partial charge in [-0.05, 0) is 49.7 Å². The van der Waals surface area contributed by atoms with Gasteiger partial charge in [0.05, 0.1) is 24.5 Å². The smallest absolute Gasteiger partial charge is 0.337 e. The lowest BCUT2D eigenvalue weighted by Gasteiger charge is -2.16. The van der Waals surface area contributed by atoms with Crippen molar-refractivity contribution in [3.8, 4) is 0 Å². The number of hydrogen-bond acceptors (Lipinski definition) is 7. The van der Waals surface area contributed by atoms with Gasteiger partial charge >= 0.3 is 5.97 Å². The molecule has 0 aliphatic rings. The number of amides is 2. The van der Waals surface area contributed by atoms with Gasteiger partial charge in [0.2, 0.25) is 5.91 Å². The Hall–Kier alpha value is -3.92. The standard InChI is InChI=1S/C25H27N5O4S/c1-5-14-30-22(17(3)26-23(32)20-9-7-6-8-16(20)2)28-29-25(30)35-15-21(31)27-19-12-10-18(11-13-19)24(33)34-4/h5-13,17H,1,14-15H2,2-4H3,(H,26,32)(H,27,31)/t17-/m1/s1. The van der Waals surface area contributed by atoms with E-state index in [-0.39, 0.29) is 17.6 Å². The maximum Gasteiger partial charge on any atom is 0.337 e. The lowest BCUT2D eigenvalue weighted by Crippen LogP contribution is -2.29. The van der Waals surface area contributed by atoms with E-state index in [4.69, 9.17) is 0 Å². The number of esters is 1. The molecule has 0 spiro atoms. The molecule has 1 atom stereocenters. The predicted molar refractivity (Wildman–Crippen MR) is 134 cm³/mol. The minimum absolute atomic E-state index is 0.0952. The molecule has 0 saturated carbocycles. The van der Waals surface area contributed by atoms with Crippen LogP contribution in [0.2, 0.25) is 0 Å². The highest BCUT2D eigenvalue weighted by Gasteiger charge is 2.21. The molecule has 0 unspecified atom stereocenters. The molecule has 0 aliphatic carbocycles. The van der Waals surface area contributed by atoms with Crippen LogP contribution in [0, 0.1) is 6.92 Å². The third-order valence-electron chi connectivity index (χ3n) is 5.10. The molecule has 2 aromatic carbocycles. The number of ether oxygens (including phenoxy) is 1. The number of thioether (sulfide) groups is 1. The van der Waals surface area contributed by atoms with Crippen LogP contribution in [-0.2, 0) is 16.1 Å². The topological polar surface area (TPSA) is 115 Å². The maximum absolute atomic E-state index is 12.7. The first-order valence-electron chi connectivity index (χ1n) is 10.9. The normalized spacial score (nSPS) is 11.4. The van der Waals surface area contributed by atoms with Crippen molar-refractivity contribution in [3.63, 3.8) is 0 Å². The first-order chi connectivity index (χ1) is 16.8. The van der Waals surface area contributed by atoms with E-state index in [1.165, 1.54) is 18.9 Å². The molecule has 0 bridgehead atoms. The number of carbonyl (C=O) groups is 3. The third-order valence-corrected chi connectivity index (χ3v) is 6.07. The lowest BCUT2D eigenvalue weighted by molar-refractivity contribution is -0.113. The van der Waals surface area contributed by atoms with E-state index in [1.807, 2.05) is 36.6 Å². The molecule has 182 valence electrons. The highest BCUT2D eigenvalue weighted by atomic mass is 32.2. The van der Waals surface area contributed by atoms with E-state index in [0.717, 1.165) is 5.56 Å². The zero-order chi connectivity index (χ0) is 25.4. The number of aromatic nitrogens is 3. The van der Waals surface area contributed by atoms with Gasteiger partial charge in [-0.25, -0.2) is 4.79 Å². The zero-order valence-electron chi connectivity index (χ0n) is 19.8. The molecule has 10 heteroatoms. The van der Waals surface area contributed by atoms with Crippen molar-refractivity contribution in [3.05, 3.63) is 83.7 Å². The number of methoxy groups -OCH3 is 1. The predicted octanol–water partition coefficient (Wildman–Crippen LogP) is 3.78. The van der Waals surface area contributed by atoms with Crippen LogP contribution < -0.4 is 10.6 Å². The quantitative estimate of drug-likeness (QED) is 0.251. The van der Waals surface area contributed by atoms with Crippen LogP contribution in [-0.4, -0.2) is 45.4 Å². The van der Waals surface area contributed by atoms with Crippen LogP contribution in [0.5, 0.6) is 0 Å². The monoisotopic (exact) mass is 493 g/mol. The molecule has 0 aliphatic heterocycles. The Kier molecular flexibility index (Phi) is 8.80.